The predicted octanol–water partition coefficient (Wildman–Crippen LogP) is 4.89. The van der Waals surface area contributed by atoms with E-state index in [9.17, 15) is 5.11 Å². The minimum absolute atomic E-state index is 0.543. The molecule has 2 aromatic rings. The third kappa shape index (κ3) is 3.73. The van der Waals surface area contributed by atoms with Gasteiger partial charge >= 0.3 is 0 Å². The molecular weight excluding hydrogens is 279 g/mol. The monoisotopic (exact) mass is 294 g/mol. The average Bonchev–Trinajstić information content (AvgIpc) is 2.32. The molecule has 0 heterocycles. The highest BCUT2D eigenvalue weighted by Crippen LogP contribution is 2.26. The van der Waals surface area contributed by atoms with Gasteiger partial charge in [-0.05, 0) is 54.3 Å². The maximum atomic E-state index is 10.3. The first kappa shape index (κ1) is 14.4. The van der Waals surface area contributed by atoms with Crippen molar-refractivity contribution in [2.24, 2.45) is 0 Å². The van der Waals surface area contributed by atoms with Gasteiger partial charge in [0, 0.05) is 16.5 Å². The number of rotatable bonds is 3. The van der Waals surface area contributed by atoms with Crippen LogP contribution < -0.4 is 0 Å². The zero-order chi connectivity index (χ0) is 14.0. The molecule has 0 bridgehead atoms. The van der Waals surface area contributed by atoms with Gasteiger partial charge in [0.05, 0.1) is 6.10 Å². The van der Waals surface area contributed by atoms with Crippen LogP contribution in [0.4, 0.5) is 0 Å². The Kier molecular flexibility index (Phi) is 4.51. The number of benzene rings is 2. The van der Waals surface area contributed by atoms with Crippen molar-refractivity contribution in [3.05, 3.63) is 68.7 Å². The third-order valence-corrected chi connectivity index (χ3v) is 3.71. The first-order valence-corrected chi connectivity index (χ1v) is 6.91. The summed E-state index contributed by atoms with van der Waals surface area (Å²) in [7, 11) is 0. The lowest BCUT2D eigenvalue weighted by atomic mass is 9.98. The first-order chi connectivity index (χ1) is 8.95. The Morgan fingerprint density at radius 2 is 1.58 bits per heavy atom. The van der Waals surface area contributed by atoms with Crippen LogP contribution in [0.2, 0.25) is 10.0 Å². The lowest BCUT2D eigenvalue weighted by Gasteiger charge is -2.13. The Morgan fingerprint density at radius 3 is 2.16 bits per heavy atom. The molecule has 1 atom stereocenters. The zero-order valence-corrected chi connectivity index (χ0v) is 12.5. The SMILES string of the molecule is Cc1ccc(CC(O)c2cc(Cl)cc(Cl)c2)cc1C. The van der Waals surface area contributed by atoms with Crippen LogP contribution in [-0.2, 0) is 6.42 Å². The molecule has 0 fully saturated rings. The maximum Gasteiger partial charge on any atom is 0.0831 e. The summed E-state index contributed by atoms with van der Waals surface area (Å²) in [5.41, 5.74) is 4.33. The standard InChI is InChI=1S/C16H16Cl2O/c1-10-3-4-12(5-11(10)2)6-16(19)13-7-14(17)9-15(18)8-13/h3-5,7-9,16,19H,6H2,1-2H3. The van der Waals surface area contributed by atoms with E-state index in [-0.39, 0.29) is 0 Å². The Labute approximate surface area is 123 Å². The van der Waals surface area contributed by atoms with Gasteiger partial charge in [0.15, 0.2) is 0 Å². The fraction of sp³-hybridized carbons (Fsp3) is 0.250. The van der Waals surface area contributed by atoms with Gasteiger partial charge in [0.2, 0.25) is 0 Å². The fourth-order valence-corrected chi connectivity index (χ4v) is 2.58. The highest BCUT2D eigenvalue weighted by atomic mass is 35.5. The molecule has 100 valence electrons. The van der Waals surface area contributed by atoms with Crippen LogP contribution in [0.5, 0.6) is 0 Å². The zero-order valence-electron chi connectivity index (χ0n) is 11.0. The number of aryl methyl sites for hydroxylation is 2. The van der Waals surface area contributed by atoms with E-state index in [0.717, 1.165) is 11.1 Å². The van der Waals surface area contributed by atoms with Crippen molar-refractivity contribution in [3.63, 3.8) is 0 Å². The highest BCUT2D eigenvalue weighted by Gasteiger charge is 2.11. The molecule has 0 aromatic heterocycles. The molecule has 0 spiro atoms. The topological polar surface area (TPSA) is 20.2 Å². The Balaban J connectivity index is 2.20. The molecule has 2 rings (SSSR count). The molecule has 0 amide bonds. The summed E-state index contributed by atoms with van der Waals surface area (Å²) in [4.78, 5) is 0. The van der Waals surface area contributed by atoms with Gasteiger partial charge in [-0.2, -0.15) is 0 Å². The molecule has 0 aliphatic rings. The van der Waals surface area contributed by atoms with Crippen molar-refractivity contribution < 1.29 is 5.11 Å². The normalized spacial score (nSPS) is 12.5. The molecule has 2 aromatic carbocycles. The largest absolute Gasteiger partial charge is 0.388 e. The van der Waals surface area contributed by atoms with Crippen molar-refractivity contribution in [2.45, 2.75) is 26.4 Å². The van der Waals surface area contributed by atoms with Crippen LogP contribution in [0.25, 0.3) is 0 Å². The molecule has 1 unspecified atom stereocenters. The number of halogens is 2. The van der Waals surface area contributed by atoms with Crippen molar-refractivity contribution in [1.82, 2.24) is 0 Å². The number of aliphatic hydroxyl groups is 1. The smallest absolute Gasteiger partial charge is 0.0831 e. The second kappa shape index (κ2) is 5.96. The minimum Gasteiger partial charge on any atom is -0.388 e. The van der Waals surface area contributed by atoms with Gasteiger partial charge in [0.1, 0.15) is 0 Å². The fourth-order valence-electron chi connectivity index (χ4n) is 2.04. The summed E-state index contributed by atoms with van der Waals surface area (Å²) in [5, 5.41) is 11.4. The molecule has 0 radical (unpaired) electrons. The Hall–Kier alpha value is -1.02. The van der Waals surface area contributed by atoms with E-state index in [2.05, 4.69) is 26.0 Å². The molecule has 3 heteroatoms. The van der Waals surface area contributed by atoms with Gasteiger partial charge in [0.25, 0.3) is 0 Å². The van der Waals surface area contributed by atoms with E-state index in [0.29, 0.717) is 16.5 Å². The predicted molar refractivity (Wildman–Crippen MR) is 81.0 cm³/mol. The number of hydrogen-bond donors (Lipinski definition) is 1. The van der Waals surface area contributed by atoms with E-state index in [4.69, 9.17) is 23.2 Å². The second-order valence-electron chi connectivity index (χ2n) is 4.84. The van der Waals surface area contributed by atoms with Crippen LogP contribution in [0, 0.1) is 13.8 Å². The quantitative estimate of drug-likeness (QED) is 0.855. The minimum atomic E-state index is -0.599. The van der Waals surface area contributed by atoms with Crippen LogP contribution in [0.1, 0.15) is 28.4 Å². The highest BCUT2D eigenvalue weighted by molar-refractivity contribution is 6.34. The van der Waals surface area contributed by atoms with Crippen LogP contribution in [0.3, 0.4) is 0 Å². The van der Waals surface area contributed by atoms with Crippen molar-refractivity contribution in [2.75, 3.05) is 0 Å². The summed E-state index contributed by atoms with van der Waals surface area (Å²) < 4.78 is 0. The summed E-state index contributed by atoms with van der Waals surface area (Å²) >= 11 is 11.9. The van der Waals surface area contributed by atoms with Crippen LogP contribution in [-0.4, -0.2) is 5.11 Å². The van der Waals surface area contributed by atoms with E-state index in [1.807, 2.05) is 6.07 Å². The Bertz CT molecular complexity index is 573. The summed E-state index contributed by atoms with van der Waals surface area (Å²) in [6.07, 6.45) is -0.0454. The van der Waals surface area contributed by atoms with Crippen molar-refractivity contribution >= 4 is 23.2 Å². The van der Waals surface area contributed by atoms with E-state index in [1.165, 1.54) is 11.1 Å². The van der Waals surface area contributed by atoms with Gasteiger partial charge in [-0.15, -0.1) is 0 Å². The second-order valence-corrected chi connectivity index (χ2v) is 5.71. The molecule has 19 heavy (non-hydrogen) atoms. The molecule has 0 aliphatic carbocycles. The number of hydrogen-bond acceptors (Lipinski definition) is 1. The van der Waals surface area contributed by atoms with E-state index >= 15 is 0 Å². The molecule has 1 nitrogen and oxygen atoms in total. The summed E-state index contributed by atoms with van der Waals surface area (Å²) in [6.45, 7) is 4.15. The summed E-state index contributed by atoms with van der Waals surface area (Å²) in [6, 6.07) is 11.4. The van der Waals surface area contributed by atoms with Gasteiger partial charge < -0.3 is 5.11 Å². The summed E-state index contributed by atoms with van der Waals surface area (Å²) in [5.74, 6) is 0. The molecule has 0 aliphatic heterocycles. The molecule has 0 saturated heterocycles. The van der Waals surface area contributed by atoms with Crippen molar-refractivity contribution in [1.29, 1.82) is 0 Å². The van der Waals surface area contributed by atoms with E-state index < -0.39 is 6.10 Å². The van der Waals surface area contributed by atoms with Crippen LogP contribution >= 0.6 is 23.2 Å². The molecule has 1 N–H and O–H groups in total. The number of aliphatic hydroxyl groups excluding tert-OH is 1. The molecular formula is C16H16Cl2O. The van der Waals surface area contributed by atoms with Gasteiger partial charge in [-0.3, -0.25) is 0 Å². The first-order valence-electron chi connectivity index (χ1n) is 6.16. The Morgan fingerprint density at radius 1 is 0.947 bits per heavy atom. The van der Waals surface area contributed by atoms with Gasteiger partial charge in [-0.1, -0.05) is 41.4 Å². The third-order valence-electron chi connectivity index (χ3n) is 3.27. The van der Waals surface area contributed by atoms with E-state index in [1.54, 1.807) is 18.2 Å². The van der Waals surface area contributed by atoms with Crippen molar-refractivity contribution in [3.8, 4) is 0 Å². The van der Waals surface area contributed by atoms with Gasteiger partial charge in [-0.25, -0.2) is 0 Å². The van der Waals surface area contributed by atoms with Crippen LogP contribution in [0.15, 0.2) is 36.4 Å². The average molecular weight is 295 g/mol. The maximum absolute atomic E-state index is 10.3. The molecule has 0 saturated carbocycles. The lowest BCUT2D eigenvalue weighted by Crippen LogP contribution is -2.02. The lowest BCUT2D eigenvalue weighted by molar-refractivity contribution is 0.178.